The van der Waals surface area contributed by atoms with E-state index in [0.29, 0.717) is 33.1 Å². The van der Waals surface area contributed by atoms with E-state index >= 15 is 0 Å². The summed E-state index contributed by atoms with van der Waals surface area (Å²) in [4.78, 5) is 27.8. The van der Waals surface area contributed by atoms with Gasteiger partial charge in [0.1, 0.15) is 0 Å². The topological polar surface area (TPSA) is 96.0 Å². The van der Waals surface area contributed by atoms with E-state index in [9.17, 15) is 14.9 Å². The molecule has 1 aliphatic heterocycles. The minimum absolute atomic E-state index is 0.00986. The zero-order valence-electron chi connectivity index (χ0n) is 13.7. The normalized spacial score (nSPS) is 13.3. The van der Waals surface area contributed by atoms with Gasteiger partial charge in [0.15, 0.2) is 16.3 Å². The molecule has 3 aromatic rings. The van der Waals surface area contributed by atoms with Gasteiger partial charge in [0, 0.05) is 24.2 Å². The average Bonchev–Trinajstić information content (AvgIpc) is 3.23. The van der Waals surface area contributed by atoms with Crippen molar-refractivity contribution in [3.05, 3.63) is 56.9 Å². The molecule has 0 saturated carbocycles. The third-order valence-corrected chi connectivity index (χ3v) is 5.05. The molecule has 26 heavy (non-hydrogen) atoms. The maximum Gasteiger partial charge on any atom is 0.279 e. The predicted molar refractivity (Wildman–Crippen MR) is 94.6 cm³/mol. The van der Waals surface area contributed by atoms with E-state index in [-0.39, 0.29) is 12.5 Å². The zero-order valence-corrected chi connectivity index (χ0v) is 14.5. The number of aromatic nitrogens is 1. The Hall–Kier alpha value is -3.20. The Morgan fingerprint density at radius 3 is 2.85 bits per heavy atom. The summed E-state index contributed by atoms with van der Waals surface area (Å²) >= 11 is 1.24. The maximum absolute atomic E-state index is 12.6. The van der Waals surface area contributed by atoms with Gasteiger partial charge >= 0.3 is 0 Å². The Morgan fingerprint density at radius 1 is 1.27 bits per heavy atom. The minimum atomic E-state index is -0.440. The van der Waals surface area contributed by atoms with E-state index in [2.05, 4.69) is 4.99 Å². The number of rotatable bonds is 3. The first kappa shape index (κ1) is 16.3. The highest BCUT2D eigenvalue weighted by Gasteiger charge is 2.17. The van der Waals surface area contributed by atoms with Crippen LogP contribution in [0.3, 0.4) is 0 Å². The van der Waals surface area contributed by atoms with Crippen LogP contribution < -0.4 is 14.3 Å². The molecule has 1 amide bonds. The third kappa shape index (κ3) is 2.72. The summed E-state index contributed by atoms with van der Waals surface area (Å²) in [5.41, 5.74) is 1.20. The van der Waals surface area contributed by atoms with Gasteiger partial charge in [0.25, 0.3) is 11.6 Å². The number of ether oxygens (including phenoxy) is 2. The van der Waals surface area contributed by atoms with Gasteiger partial charge in [-0.2, -0.15) is 4.99 Å². The molecule has 2 heterocycles. The van der Waals surface area contributed by atoms with Crippen LogP contribution in [0.4, 0.5) is 5.69 Å². The fourth-order valence-electron chi connectivity index (χ4n) is 2.75. The highest BCUT2D eigenvalue weighted by Crippen LogP contribution is 2.32. The molecule has 8 nitrogen and oxygen atoms in total. The fourth-order valence-corrected chi connectivity index (χ4v) is 3.87. The van der Waals surface area contributed by atoms with E-state index in [1.807, 2.05) is 11.5 Å². The molecule has 0 bridgehead atoms. The molecule has 0 fully saturated rings. The van der Waals surface area contributed by atoms with Crippen molar-refractivity contribution in [1.82, 2.24) is 4.57 Å². The molecule has 0 unspecified atom stereocenters. The number of thiazole rings is 1. The van der Waals surface area contributed by atoms with E-state index < -0.39 is 10.8 Å². The van der Waals surface area contributed by atoms with Crippen molar-refractivity contribution in [2.75, 3.05) is 6.79 Å². The lowest BCUT2D eigenvalue weighted by Crippen LogP contribution is -2.15. The van der Waals surface area contributed by atoms with Gasteiger partial charge in [0.05, 0.1) is 15.1 Å². The first-order valence-electron chi connectivity index (χ1n) is 7.83. The number of amides is 1. The molecule has 0 radical (unpaired) electrons. The summed E-state index contributed by atoms with van der Waals surface area (Å²) in [6.45, 7) is 2.65. The van der Waals surface area contributed by atoms with Crippen molar-refractivity contribution in [3.63, 3.8) is 0 Å². The molecule has 0 N–H and O–H groups in total. The van der Waals surface area contributed by atoms with Crippen LogP contribution in [-0.4, -0.2) is 22.2 Å². The average molecular weight is 371 g/mol. The number of non-ortho nitro benzene ring substituents is 1. The van der Waals surface area contributed by atoms with Crippen LogP contribution in [-0.2, 0) is 6.54 Å². The number of hydrogen-bond acceptors (Lipinski definition) is 6. The van der Waals surface area contributed by atoms with Gasteiger partial charge in [-0.3, -0.25) is 14.9 Å². The molecule has 9 heteroatoms. The van der Waals surface area contributed by atoms with Crippen LogP contribution in [0.2, 0.25) is 0 Å². The Balaban J connectivity index is 1.79. The Kier molecular flexibility index (Phi) is 3.92. The monoisotopic (exact) mass is 371 g/mol. The van der Waals surface area contributed by atoms with E-state index in [4.69, 9.17) is 9.47 Å². The molecule has 0 atom stereocenters. The molecule has 2 aromatic carbocycles. The van der Waals surface area contributed by atoms with Crippen molar-refractivity contribution in [2.24, 2.45) is 4.99 Å². The summed E-state index contributed by atoms with van der Waals surface area (Å²) < 4.78 is 13.1. The predicted octanol–water partition coefficient (Wildman–Crippen LogP) is 3.10. The van der Waals surface area contributed by atoms with Gasteiger partial charge in [-0.25, -0.2) is 0 Å². The standard InChI is InChI=1S/C17H13N3O5S/c1-2-19-12-5-4-11(20(22)23)8-15(12)26-17(19)18-16(21)10-3-6-13-14(7-10)25-9-24-13/h3-8H,2,9H2,1H3. The molecular weight excluding hydrogens is 358 g/mol. The molecule has 0 aliphatic carbocycles. The van der Waals surface area contributed by atoms with Crippen LogP contribution in [0.1, 0.15) is 17.3 Å². The molecule has 132 valence electrons. The van der Waals surface area contributed by atoms with Gasteiger partial charge in [-0.1, -0.05) is 11.3 Å². The summed E-state index contributed by atoms with van der Waals surface area (Å²) in [5, 5.41) is 11.0. The number of benzene rings is 2. The molecular formula is C17H13N3O5S. The first-order chi connectivity index (χ1) is 12.6. The Morgan fingerprint density at radius 2 is 2.08 bits per heavy atom. The van der Waals surface area contributed by atoms with Crippen molar-refractivity contribution >= 4 is 33.1 Å². The molecule has 0 saturated heterocycles. The number of carbonyl (C=O) groups excluding carboxylic acids is 1. The van der Waals surface area contributed by atoms with Gasteiger partial charge in [-0.15, -0.1) is 0 Å². The van der Waals surface area contributed by atoms with Crippen LogP contribution in [0.5, 0.6) is 11.5 Å². The summed E-state index contributed by atoms with van der Waals surface area (Å²) in [6, 6.07) is 9.53. The van der Waals surface area contributed by atoms with Gasteiger partial charge < -0.3 is 14.0 Å². The van der Waals surface area contributed by atoms with Crippen molar-refractivity contribution in [3.8, 4) is 11.5 Å². The highest BCUT2D eigenvalue weighted by molar-refractivity contribution is 7.16. The van der Waals surface area contributed by atoms with Crippen LogP contribution >= 0.6 is 11.3 Å². The van der Waals surface area contributed by atoms with E-state index in [1.54, 1.807) is 24.3 Å². The quantitative estimate of drug-likeness (QED) is 0.521. The zero-order chi connectivity index (χ0) is 18.3. The molecule has 1 aliphatic rings. The van der Waals surface area contributed by atoms with Gasteiger partial charge in [0.2, 0.25) is 6.79 Å². The fraction of sp³-hybridized carbons (Fsp3) is 0.176. The second-order valence-electron chi connectivity index (χ2n) is 5.52. The number of nitro benzene ring substituents is 1. The number of nitro groups is 1. The van der Waals surface area contributed by atoms with Crippen LogP contribution in [0, 0.1) is 10.1 Å². The molecule has 0 spiro atoms. The molecule has 4 rings (SSSR count). The molecule has 1 aromatic heterocycles. The lowest BCUT2D eigenvalue weighted by atomic mass is 10.2. The van der Waals surface area contributed by atoms with Crippen LogP contribution in [0.15, 0.2) is 41.4 Å². The Bertz CT molecular complexity index is 1120. The van der Waals surface area contributed by atoms with Crippen molar-refractivity contribution < 1.29 is 19.2 Å². The van der Waals surface area contributed by atoms with Crippen molar-refractivity contribution in [2.45, 2.75) is 13.5 Å². The number of aryl methyl sites for hydroxylation is 1. The third-order valence-electron chi connectivity index (χ3n) is 4.01. The SMILES string of the molecule is CCn1c(=NC(=O)c2ccc3c(c2)OCO3)sc2cc([N+](=O)[O-])ccc21. The largest absolute Gasteiger partial charge is 0.454 e. The number of nitrogens with zero attached hydrogens (tertiary/aromatic N) is 3. The number of carbonyl (C=O) groups is 1. The second-order valence-corrected chi connectivity index (χ2v) is 6.53. The lowest BCUT2D eigenvalue weighted by Gasteiger charge is -2.01. The Labute approximate surface area is 151 Å². The first-order valence-corrected chi connectivity index (χ1v) is 8.65. The van der Waals surface area contributed by atoms with Gasteiger partial charge in [-0.05, 0) is 31.2 Å². The number of hydrogen-bond donors (Lipinski definition) is 0. The number of fused-ring (bicyclic) bond motifs is 2. The van der Waals surface area contributed by atoms with E-state index in [1.165, 1.54) is 23.5 Å². The minimum Gasteiger partial charge on any atom is -0.454 e. The summed E-state index contributed by atoms with van der Waals surface area (Å²) in [6.07, 6.45) is 0. The summed E-state index contributed by atoms with van der Waals surface area (Å²) in [7, 11) is 0. The highest BCUT2D eigenvalue weighted by atomic mass is 32.1. The summed E-state index contributed by atoms with van der Waals surface area (Å²) in [5.74, 6) is 0.701. The second kappa shape index (κ2) is 6.26. The van der Waals surface area contributed by atoms with Crippen LogP contribution in [0.25, 0.3) is 10.2 Å². The smallest absolute Gasteiger partial charge is 0.279 e. The maximum atomic E-state index is 12.6. The lowest BCUT2D eigenvalue weighted by molar-refractivity contribution is -0.384. The van der Waals surface area contributed by atoms with Crippen molar-refractivity contribution in [1.29, 1.82) is 0 Å². The van der Waals surface area contributed by atoms with E-state index in [0.717, 1.165) is 5.52 Å².